The Labute approximate surface area is 492 Å². The third-order valence-corrected chi connectivity index (χ3v) is 16.4. The molecule has 7 N–H and O–H groups in total. The third kappa shape index (κ3) is 18.9. The van der Waals surface area contributed by atoms with Crippen LogP contribution in [0.25, 0.3) is 0 Å². The highest BCUT2D eigenvalue weighted by atomic mass is 127. The summed E-state index contributed by atoms with van der Waals surface area (Å²) < 4.78 is 24.7. The number of rotatable bonds is 10. The number of hydrogen-bond donors (Lipinski definition) is 6. The van der Waals surface area contributed by atoms with E-state index in [9.17, 15) is 48.9 Å². The van der Waals surface area contributed by atoms with Gasteiger partial charge in [0.15, 0.2) is 11.4 Å². The van der Waals surface area contributed by atoms with Gasteiger partial charge in [-0.25, -0.2) is 24.2 Å². The van der Waals surface area contributed by atoms with E-state index in [2.05, 4.69) is 56.9 Å². The van der Waals surface area contributed by atoms with Gasteiger partial charge in [0, 0.05) is 64.8 Å². The predicted molar refractivity (Wildman–Crippen MR) is 324 cm³/mol. The topological polar surface area (TPSA) is 289 Å². The fourth-order valence-corrected chi connectivity index (χ4v) is 12.1. The number of carbonyl (C=O) groups excluding carboxylic acids is 6. The van der Waals surface area contributed by atoms with Crippen molar-refractivity contribution in [1.29, 1.82) is 0 Å². The summed E-state index contributed by atoms with van der Waals surface area (Å²) in [6.45, 7) is 15.1. The molecule has 0 aliphatic carbocycles. The van der Waals surface area contributed by atoms with Gasteiger partial charge in [-0.05, 0) is 44.7 Å². The number of carbonyl (C=O) groups is 7. The van der Waals surface area contributed by atoms with Crippen LogP contribution >= 0.6 is 70.9 Å². The molecule has 8 heterocycles. The summed E-state index contributed by atoms with van der Waals surface area (Å²) in [7, 11) is 12.5. The lowest BCUT2D eigenvalue weighted by Crippen LogP contribution is -2.65. The van der Waals surface area contributed by atoms with Crippen LogP contribution in [0, 0.1) is 11.8 Å². The molecular weight excluding hydrogens is 1230 g/mol. The Bertz CT molecular complexity index is 2360. The lowest BCUT2D eigenvalue weighted by molar-refractivity contribution is -0.160. The summed E-state index contributed by atoms with van der Waals surface area (Å²) in [4.78, 5) is 81.6. The van der Waals surface area contributed by atoms with Crippen molar-refractivity contribution in [2.75, 3.05) is 78.7 Å². The highest BCUT2D eigenvalue weighted by Crippen LogP contribution is 2.36. The monoisotopic (exact) mass is 1320 g/mol. The molecule has 2 aromatic rings. The Morgan fingerprint density at radius 3 is 1.37 bits per heavy atom. The number of cyclic esters (lactones) is 2. The molecule has 0 aromatic heterocycles. The maximum absolute atomic E-state index is 12.7. The van der Waals surface area contributed by atoms with Gasteiger partial charge in [-0.2, -0.15) is 0 Å². The van der Waals surface area contributed by atoms with Gasteiger partial charge in [-0.1, -0.05) is 129 Å². The Morgan fingerprint density at radius 1 is 0.658 bits per heavy atom. The second kappa shape index (κ2) is 30.7. The first-order valence-corrected chi connectivity index (χ1v) is 27.8. The van der Waals surface area contributed by atoms with E-state index in [4.69, 9.17) is 25.1 Å². The number of benzene rings is 2. The SMILES string of the molecule is C.CCC(=O)N1C(=O)OC[C@H]1Cc1ccccc1.C[C@@H]1NC(=O)OC12CN(P)C2.C[C@H](C(=O)N1C(=O)OC[C@H]1Cc1ccccc1)C1(O)CN(P)C1.C[C@H](C(=O)O)C1(O)CN(P)C1.C[C@H](N)C1(O)CN(P)C1.I.O=C1CN(P)C1. The predicted octanol–water partition coefficient (Wildman–Crippen LogP) is 2.62. The van der Waals surface area contributed by atoms with Gasteiger partial charge in [0.05, 0.1) is 43.1 Å². The molecule has 5 unspecified atom stereocenters. The number of aliphatic carboxylic acids is 1. The van der Waals surface area contributed by atoms with Crippen molar-refractivity contribution < 1.29 is 68.2 Å². The van der Waals surface area contributed by atoms with Crippen LogP contribution in [0.2, 0.25) is 0 Å². The fourth-order valence-electron chi connectivity index (χ4n) is 9.21. The Kier molecular flexibility index (Phi) is 27.4. The zero-order valence-electron chi connectivity index (χ0n) is 44.7. The van der Waals surface area contributed by atoms with Gasteiger partial charge < -0.3 is 45.7 Å². The minimum Gasteiger partial charge on any atom is -0.481 e. The van der Waals surface area contributed by atoms with Crippen molar-refractivity contribution in [2.45, 2.75) is 108 Å². The molecule has 10 rings (SSSR count). The zero-order chi connectivity index (χ0) is 57.2. The number of Topliss-reactive ketones (excluding diaryl/α,β-unsaturated/α-hetero) is 1. The Hall–Kier alpha value is -2.75. The summed E-state index contributed by atoms with van der Waals surface area (Å²) in [5.41, 5.74) is 4.69. The maximum atomic E-state index is 12.7. The normalized spacial score (nSPS) is 25.0. The highest BCUT2D eigenvalue weighted by Gasteiger charge is 2.55. The first-order chi connectivity index (χ1) is 36.0. The molecule has 8 saturated heterocycles. The van der Waals surface area contributed by atoms with Crippen LogP contribution in [0.3, 0.4) is 0 Å². The number of nitrogens with one attached hydrogen (secondary N) is 1. The van der Waals surface area contributed by atoms with Gasteiger partial charge >= 0.3 is 24.2 Å². The molecule has 0 radical (unpaired) electrons. The number of nitrogens with zero attached hydrogens (tertiary/aromatic N) is 7. The van der Waals surface area contributed by atoms with E-state index in [-0.39, 0.29) is 85.7 Å². The van der Waals surface area contributed by atoms with Gasteiger partial charge in [0.25, 0.3) is 0 Å². The van der Waals surface area contributed by atoms with Crippen LogP contribution in [0.1, 0.15) is 59.6 Å². The van der Waals surface area contributed by atoms with Crippen molar-refractivity contribution in [3.63, 3.8) is 0 Å². The number of amides is 5. The molecule has 0 bridgehead atoms. The number of carboxylic acid groups (broad SMARTS) is 1. The average molecular weight is 1320 g/mol. The number of aliphatic hydroxyl groups is 3. The molecular formula is C50H83IN9O14P5. The number of imide groups is 2. The molecule has 8 fully saturated rings. The van der Waals surface area contributed by atoms with Gasteiger partial charge in [0.2, 0.25) is 11.8 Å². The van der Waals surface area contributed by atoms with Crippen molar-refractivity contribution in [3.05, 3.63) is 71.8 Å². The summed E-state index contributed by atoms with van der Waals surface area (Å²) in [5.74, 6) is -2.47. The number of alkyl carbamates (subject to hydrolysis) is 1. The van der Waals surface area contributed by atoms with E-state index in [0.717, 1.165) is 24.2 Å². The van der Waals surface area contributed by atoms with E-state index >= 15 is 0 Å². The molecule has 11 atom stereocenters. The lowest BCUT2D eigenvalue weighted by atomic mass is 9.82. The molecule has 23 nitrogen and oxygen atoms in total. The number of hydrogen-bond acceptors (Lipinski definition) is 19. The van der Waals surface area contributed by atoms with Crippen LogP contribution in [-0.4, -0.2) is 221 Å². The molecule has 0 saturated carbocycles. The van der Waals surface area contributed by atoms with Gasteiger partial charge in [0.1, 0.15) is 30.0 Å². The standard InChI is InChI=1S/C16H21N2O4P.C13H15NO3.C6H11N2O2P.C6H12NO3P.C5H13N2OP.C3H6NOP.CH4.HI/c1-11(16(21)9-17(23)10-16)14(19)18-13(8-22-15(18)20)7-12-5-3-2-4-6-12;1-2-12(15)14-11(9-17-13(14)16)8-10-6-4-3-5-7-10;1-4-6(2-8(11)3-6)10-5(9)7-4;1-4(5(8)9)6(10)2-7(11)3-6;1-4(6)5(8)2-7(9)3-5;5-3-1-4(6)2-3;;/h2-6,11,13,21H,7-10,23H2,1H3;3-7,11H,2,8-9H2,1H3;4H,2-3,11H2,1H3,(H,7,9);4,10H,2-3,11H2,1H3,(H,8,9);4,8H,2-3,6,9H2,1H3;1-2,6H2;1H4;1H/t11-,13-;11-;3*4-;;;/m11010.../s1. The third-order valence-electron chi connectivity index (χ3n) is 14.5. The first kappa shape index (κ1) is 70.5. The van der Waals surface area contributed by atoms with Gasteiger partial charge in [-0.15, -0.1) is 24.0 Å². The van der Waals surface area contributed by atoms with Crippen molar-refractivity contribution in [3.8, 4) is 0 Å². The Morgan fingerprint density at radius 2 is 1.05 bits per heavy atom. The van der Waals surface area contributed by atoms with Crippen LogP contribution in [0.5, 0.6) is 0 Å². The van der Waals surface area contributed by atoms with Crippen molar-refractivity contribution >= 4 is 113 Å². The molecule has 2 aromatic carbocycles. The quantitative estimate of drug-likeness (QED) is 0.113. The molecule has 444 valence electrons. The van der Waals surface area contributed by atoms with Crippen molar-refractivity contribution in [2.24, 2.45) is 17.6 Å². The summed E-state index contributed by atoms with van der Waals surface area (Å²) >= 11 is 0. The van der Waals surface area contributed by atoms with E-state index < -0.39 is 46.8 Å². The van der Waals surface area contributed by atoms with Crippen LogP contribution in [0.15, 0.2) is 60.7 Å². The molecule has 5 amide bonds. The molecule has 8 aliphatic heterocycles. The lowest BCUT2D eigenvalue weighted by Gasteiger charge is -2.47. The number of nitrogens with two attached hydrogens (primary N) is 1. The van der Waals surface area contributed by atoms with E-state index in [1.807, 2.05) is 88.5 Å². The minimum atomic E-state index is -1.08. The summed E-state index contributed by atoms with van der Waals surface area (Å²) in [5, 5.41) is 40.9. The van der Waals surface area contributed by atoms with Crippen molar-refractivity contribution in [1.82, 2.24) is 38.5 Å². The number of halogens is 1. The number of ether oxygens (including phenoxy) is 3. The molecule has 1 spiro atoms. The maximum Gasteiger partial charge on any atom is 0.416 e. The summed E-state index contributed by atoms with van der Waals surface area (Å²) in [6.07, 6.45) is 0.111. The fraction of sp³-hybridized carbons (Fsp3) is 0.620. The number of β-amino-alcohol motifs (C(OH)–C–C–N with tert-alkyl or cyclic N) is 3. The second-order valence-electron chi connectivity index (χ2n) is 20.9. The average Bonchev–Trinajstić information content (AvgIpc) is 3.99. The Balaban J connectivity index is 0.000000260. The molecule has 79 heavy (non-hydrogen) atoms. The first-order valence-electron chi connectivity index (χ1n) is 25.3. The largest absolute Gasteiger partial charge is 0.481 e. The van der Waals surface area contributed by atoms with E-state index in [1.54, 1.807) is 18.5 Å². The zero-order valence-corrected chi connectivity index (χ0v) is 52.8. The summed E-state index contributed by atoms with van der Waals surface area (Å²) in [6, 6.07) is 19.0. The number of carboxylic acids is 1. The molecule has 29 heteroatoms. The molecule has 8 aliphatic rings. The van der Waals surface area contributed by atoms with Crippen LogP contribution < -0.4 is 11.1 Å². The van der Waals surface area contributed by atoms with Crippen LogP contribution in [0.4, 0.5) is 14.4 Å². The highest BCUT2D eigenvalue weighted by molar-refractivity contribution is 14.0. The van der Waals surface area contributed by atoms with Crippen LogP contribution in [-0.2, 0) is 46.2 Å². The van der Waals surface area contributed by atoms with E-state index in [1.165, 1.54) is 16.7 Å². The minimum absolute atomic E-state index is 0. The number of ketones is 1. The second-order valence-corrected chi connectivity index (χ2v) is 24.6. The van der Waals surface area contributed by atoms with Gasteiger partial charge in [-0.3, -0.25) is 42.5 Å². The smallest absolute Gasteiger partial charge is 0.416 e. The van der Waals surface area contributed by atoms with E-state index in [0.29, 0.717) is 84.0 Å².